The molecule has 1 aromatic carbocycles. The number of nitro benzene ring substituents is 1. The van der Waals surface area contributed by atoms with Gasteiger partial charge < -0.3 is 11.1 Å². The topological polar surface area (TPSA) is 127 Å². The summed E-state index contributed by atoms with van der Waals surface area (Å²) >= 11 is 0. The number of fused-ring (bicyclic) bond motifs is 1. The second kappa shape index (κ2) is 5.38. The van der Waals surface area contributed by atoms with E-state index >= 15 is 0 Å². The van der Waals surface area contributed by atoms with Gasteiger partial charge in [-0.2, -0.15) is 5.10 Å². The van der Waals surface area contributed by atoms with Crippen LogP contribution < -0.4 is 11.1 Å². The number of H-pyrrole nitrogens is 1. The predicted molar refractivity (Wildman–Crippen MR) is 80.5 cm³/mol. The highest BCUT2D eigenvalue weighted by Gasteiger charge is 2.35. The predicted octanol–water partition coefficient (Wildman–Crippen LogP) is 1.47. The molecule has 1 fully saturated rings. The minimum Gasteiger partial charge on any atom is -0.344 e. The lowest BCUT2D eigenvalue weighted by molar-refractivity contribution is -0.384. The average Bonchev–Trinajstić information content (AvgIpc) is 3.13. The van der Waals surface area contributed by atoms with Gasteiger partial charge in [0.05, 0.1) is 16.0 Å². The molecular weight excluding hydrogens is 286 g/mol. The van der Waals surface area contributed by atoms with E-state index in [-0.39, 0.29) is 22.8 Å². The van der Waals surface area contributed by atoms with Crippen molar-refractivity contribution >= 4 is 22.5 Å². The molecular formula is C14H17N5O3. The Labute approximate surface area is 126 Å². The van der Waals surface area contributed by atoms with Crippen LogP contribution in [0.15, 0.2) is 18.2 Å². The third-order valence-electron chi connectivity index (χ3n) is 4.30. The van der Waals surface area contributed by atoms with E-state index in [1.807, 2.05) is 0 Å². The van der Waals surface area contributed by atoms with Crippen LogP contribution in [0.5, 0.6) is 0 Å². The van der Waals surface area contributed by atoms with Crippen molar-refractivity contribution < 1.29 is 9.72 Å². The maximum atomic E-state index is 12.5. The Balaban J connectivity index is 1.93. The fraction of sp³-hybridized carbons (Fsp3) is 0.429. The first-order valence-corrected chi connectivity index (χ1v) is 7.20. The zero-order valence-electron chi connectivity index (χ0n) is 12.0. The molecule has 0 aliphatic heterocycles. The van der Waals surface area contributed by atoms with E-state index in [4.69, 9.17) is 5.73 Å². The van der Waals surface area contributed by atoms with E-state index in [1.165, 1.54) is 12.1 Å². The van der Waals surface area contributed by atoms with Crippen LogP contribution in [0.3, 0.4) is 0 Å². The number of aromatic amines is 1. The maximum Gasteiger partial charge on any atom is 0.272 e. The molecule has 0 saturated heterocycles. The summed E-state index contributed by atoms with van der Waals surface area (Å²) in [5.41, 5.74) is 6.11. The second-order valence-corrected chi connectivity index (χ2v) is 5.70. The Hall–Kier alpha value is -2.48. The van der Waals surface area contributed by atoms with E-state index in [0.29, 0.717) is 17.4 Å². The zero-order chi connectivity index (χ0) is 15.7. The largest absolute Gasteiger partial charge is 0.344 e. The van der Waals surface area contributed by atoms with Gasteiger partial charge in [-0.15, -0.1) is 0 Å². The molecule has 8 nitrogen and oxygen atoms in total. The maximum absolute atomic E-state index is 12.5. The molecule has 0 radical (unpaired) electrons. The molecule has 0 spiro atoms. The van der Waals surface area contributed by atoms with Gasteiger partial charge in [0.2, 0.25) is 0 Å². The van der Waals surface area contributed by atoms with Crippen molar-refractivity contribution in [1.82, 2.24) is 15.5 Å². The van der Waals surface area contributed by atoms with Crippen LogP contribution in [-0.2, 0) is 0 Å². The van der Waals surface area contributed by atoms with Crippen LogP contribution in [0.2, 0.25) is 0 Å². The quantitative estimate of drug-likeness (QED) is 0.582. The first-order valence-electron chi connectivity index (χ1n) is 7.20. The number of aromatic nitrogens is 2. The van der Waals surface area contributed by atoms with Gasteiger partial charge in [-0.3, -0.25) is 20.0 Å². The summed E-state index contributed by atoms with van der Waals surface area (Å²) in [6, 6.07) is 4.28. The Bertz CT molecular complexity index is 733. The van der Waals surface area contributed by atoms with Gasteiger partial charge in [-0.1, -0.05) is 12.8 Å². The lowest BCUT2D eigenvalue weighted by atomic mass is 9.97. The van der Waals surface area contributed by atoms with E-state index in [9.17, 15) is 14.9 Å². The number of rotatable bonds is 4. The SMILES string of the molecule is NCC1(NC(=O)c2n[nH]c3ccc([N+](=O)[O-])cc23)CCCC1. The monoisotopic (exact) mass is 303 g/mol. The molecule has 22 heavy (non-hydrogen) atoms. The fourth-order valence-electron chi connectivity index (χ4n) is 3.02. The molecule has 116 valence electrons. The lowest BCUT2D eigenvalue weighted by Gasteiger charge is -2.28. The number of hydrogen-bond donors (Lipinski definition) is 3. The van der Waals surface area contributed by atoms with Crippen molar-refractivity contribution in [1.29, 1.82) is 0 Å². The summed E-state index contributed by atoms with van der Waals surface area (Å²) in [6.07, 6.45) is 3.75. The molecule has 1 aromatic heterocycles. The zero-order valence-corrected chi connectivity index (χ0v) is 12.0. The highest BCUT2D eigenvalue weighted by molar-refractivity contribution is 6.05. The van der Waals surface area contributed by atoms with Gasteiger partial charge in [0, 0.05) is 24.1 Å². The van der Waals surface area contributed by atoms with Gasteiger partial charge in [0.1, 0.15) is 0 Å². The number of carbonyl (C=O) groups is 1. The standard InChI is InChI=1S/C14H17N5O3/c15-8-14(5-1-2-6-14)16-13(20)12-10-7-9(19(21)22)3-4-11(10)17-18-12/h3-4,7H,1-2,5-6,8,15H2,(H,16,20)(H,17,18). The van der Waals surface area contributed by atoms with E-state index in [0.717, 1.165) is 25.7 Å². The number of hydrogen-bond acceptors (Lipinski definition) is 5. The molecule has 0 bridgehead atoms. The van der Waals surface area contributed by atoms with Crippen molar-refractivity contribution in [2.45, 2.75) is 31.2 Å². The highest BCUT2D eigenvalue weighted by Crippen LogP contribution is 2.29. The van der Waals surface area contributed by atoms with Crippen LogP contribution in [-0.4, -0.2) is 33.1 Å². The van der Waals surface area contributed by atoms with Gasteiger partial charge in [-0.05, 0) is 18.9 Å². The van der Waals surface area contributed by atoms with Crippen molar-refractivity contribution in [3.63, 3.8) is 0 Å². The Morgan fingerprint density at radius 3 is 2.82 bits per heavy atom. The van der Waals surface area contributed by atoms with Crippen LogP contribution in [0.1, 0.15) is 36.2 Å². The van der Waals surface area contributed by atoms with E-state index in [1.54, 1.807) is 6.07 Å². The smallest absolute Gasteiger partial charge is 0.272 e. The molecule has 2 aromatic rings. The first kappa shape index (κ1) is 14.5. The highest BCUT2D eigenvalue weighted by atomic mass is 16.6. The lowest BCUT2D eigenvalue weighted by Crippen LogP contribution is -2.51. The summed E-state index contributed by atoms with van der Waals surface area (Å²) in [4.78, 5) is 22.9. The van der Waals surface area contributed by atoms with Crippen molar-refractivity contribution in [3.05, 3.63) is 34.0 Å². The van der Waals surface area contributed by atoms with Crippen molar-refractivity contribution in [2.24, 2.45) is 5.73 Å². The van der Waals surface area contributed by atoms with Crippen molar-refractivity contribution in [3.8, 4) is 0 Å². The molecule has 1 amide bonds. The Morgan fingerprint density at radius 2 is 2.18 bits per heavy atom. The van der Waals surface area contributed by atoms with Crippen LogP contribution in [0, 0.1) is 10.1 Å². The molecule has 3 rings (SSSR count). The summed E-state index contributed by atoms with van der Waals surface area (Å²) in [7, 11) is 0. The summed E-state index contributed by atoms with van der Waals surface area (Å²) in [6.45, 7) is 0.376. The van der Waals surface area contributed by atoms with E-state index in [2.05, 4.69) is 15.5 Å². The van der Waals surface area contributed by atoms with Gasteiger partial charge in [0.15, 0.2) is 5.69 Å². The van der Waals surface area contributed by atoms with Crippen LogP contribution in [0.4, 0.5) is 5.69 Å². The van der Waals surface area contributed by atoms with Crippen LogP contribution >= 0.6 is 0 Å². The minimum atomic E-state index is -0.494. The van der Waals surface area contributed by atoms with Gasteiger partial charge in [-0.25, -0.2) is 0 Å². The Kier molecular flexibility index (Phi) is 3.53. The minimum absolute atomic E-state index is 0.0719. The number of nitro groups is 1. The molecule has 0 atom stereocenters. The first-order chi connectivity index (χ1) is 10.5. The number of benzene rings is 1. The summed E-state index contributed by atoms with van der Waals surface area (Å²) in [5.74, 6) is -0.348. The normalized spacial score (nSPS) is 16.8. The van der Waals surface area contributed by atoms with E-state index < -0.39 is 4.92 Å². The number of nitrogens with one attached hydrogen (secondary N) is 2. The van der Waals surface area contributed by atoms with Gasteiger partial charge >= 0.3 is 0 Å². The number of carbonyl (C=O) groups excluding carboxylic acids is 1. The van der Waals surface area contributed by atoms with Crippen LogP contribution in [0.25, 0.3) is 10.9 Å². The fourth-order valence-corrected chi connectivity index (χ4v) is 3.02. The molecule has 1 aliphatic carbocycles. The van der Waals surface area contributed by atoms with Gasteiger partial charge in [0.25, 0.3) is 11.6 Å². The molecule has 4 N–H and O–H groups in total. The number of nitrogens with two attached hydrogens (primary N) is 1. The summed E-state index contributed by atoms with van der Waals surface area (Å²) in [5, 5.41) is 21.0. The number of nitrogens with zero attached hydrogens (tertiary/aromatic N) is 2. The third kappa shape index (κ3) is 2.41. The summed E-state index contributed by atoms with van der Waals surface area (Å²) < 4.78 is 0. The molecule has 1 saturated carbocycles. The Morgan fingerprint density at radius 1 is 1.45 bits per heavy atom. The molecule has 1 aliphatic rings. The van der Waals surface area contributed by atoms with Crippen molar-refractivity contribution in [2.75, 3.05) is 6.54 Å². The number of amides is 1. The molecule has 0 unspecified atom stereocenters. The number of non-ortho nitro benzene ring substituents is 1. The molecule has 8 heteroatoms. The average molecular weight is 303 g/mol. The second-order valence-electron chi connectivity index (χ2n) is 5.70. The third-order valence-corrected chi connectivity index (χ3v) is 4.30. The molecule has 1 heterocycles.